The van der Waals surface area contributed by atoms with E-state index in [0.29, 0.717) is 13.0 Å². The van der Waals surface area contributed by atoms with Gasteiger partial charge in [0.2, 0.25) is 5.91 Å². The average molecular weight is 220 g/mol. The molecule has 16 heavy (non-hydrogen) atoms. The van der Waals surface area contributed by atoms with Gasteiger partial charge in [0.1, 0.15) is 5.75 Å². The number of anilines is 1. The molecule has 1 fully saturated rings. The summed E-state index contributed by atoms with van der Waals surface area (Å²) in [5.41, 5.74) is 0.942. The van der Waals surface area contributed by atoms with E-state index >= 15 is 0 Å². The Morgan fingerprint density at radius 2 is 1.88 bits per heavy atom. The summed E-state index contributed by atoms with van der Waals surface area (Å²) in [5, 5.41) is 13.0. The van der Waals surface area contributed by atoms with Crippen molar-refractivity contribution in [1.29, 1.82) is 0 Å². The zero-order chi connectivity index (χ0) is 11.7. The van der Waals surface area contributed by atoms with Crippen molar-refractivity contribution in [1.82, 2.24) is 5.01 Å². The Bertz CT molecular complexity index is 387. The summed E-state index contributed by atoms with van der Waals surface area (Å²) in [6, 6.07) is 7.07. The molecule has 4 heteroatoms. The molecular formula is C12H16N2O2. The van der Waals surface area contributed by atoms with Crippen LogP contribution in [0, 0.1) is 0 Å². The third kappa shape index (κ3) is 1.83. The van der Waals surface area contributed by atoms with E-state index in [2.05, 4.69) is 0 Å². The summed E-state index contributed by atoms with van der Waals surface area (Å²) >= 11 is 0. The lowest BCUT2D eigenvalue weighted by molar-refractivity contribution is -0.129. The molecule has 0 aromatic heterocycles. The second-order valence-electron chi connectivity index (χ2n) is 4.22. The van der Waals surface area contributed by atoms with Gasteiger partial charge in [0.15, 0.2) is 0 Å². The summed E-state index contributed by atoms with van der Waals surface area (Å²) in [6.45, 7) is 4.70. The van der Waals surface area contributed by atoms with Crippen LogP contribution in [0.4, 0.5) is 5.69 Å². The minimum Gasteiger partial charge on any atom is -0.508 e. The molecule has 0 spiro atoms. The first-order valence-corrected chi connectivity index (χ1v) is 5.48. The van der Waals surface area contributed by atoms with Gasteiger partial charge in [0, 0.05) is 19.0 Å². The van der Waals surface area contributed by atoms with Gasteiger partial charge in [0.25, 0.3) is 0 Å². The standard InChI is InChI=1S/C12H16N2O2/c1-9(2)14-12(16)7-8-13(14)10-3-5-11(15)6-4-10/h3-6,9,15H,7-8H2,1-2H3. The molecule has 1 aliphatic rings. The molecular weight excluding hydrogens is 204 g/mol. The second-order valence-corrected chi connectivity index (χ2v) is 4.22. The van der Waals surface area contributed by atoms with Crippen molar-refractivity contribution in [2.45, 2.75) is 26.3 Å². The van der Waals surface area contributed by atoms with Crippen molar-refractivity contribution in [2.24, 2.45) is 0 Å². The molecule has 4 nitrogen and oxygen atoms in total. The molecule has 86 valence electrons. The third-order valence-corrected chi connectivity index (χ3v) is 2.69. The number of hydrogen-bond acceptors (Lipinski definition) is 3. The Kier molecular flexibility index (Phi) is 2.73. The van der Waals surface area contributed by atoms with Crippen LogP contribution in [0.1, 0.15) is 20.3 Å². The monoisotopic (exact) mass is 220 g/mol. The lowest BCUT2D eigenvalue weighted by Crippen LogP contribution is -2.43. The highest BCUT2D eigenvalue weighted by Gasteiger charge is 2.30. The number of amides is 1. The average Bonchev–Trinajstić information content (AvgIpc) is 2.61. The summed E-state index contributed by atoms with van der Waals surface area (Å²) in [5.74, 6) is 0.397. The van der Waals surface area contributed by atoms with Crippen LogP contribution in [0.15, 0.2) is 24.3 Å². The number of hydrazine groups is 1. The van der Waals surface area contributed by atoms with Crippen LogP contribution in [0.25, 0.3) is 0 Å². The quantitative estimate of drug-likeness (QED) is 0.825. The van der Waals surface area contributed by atoms with E-state index < -0.39 is 0 Å². The van der Waals surface area contributed by atoms with Crippen LogP contribution >= 0.6 is 0 Å². The van der Waals surface area contributed by atoms with Crippen molar-refractivity contribution in [3.63, 3.8) is 0 Å². The number of aromatic hydroxyl groups is 1. The fraction of sp³-hybridized carbons (Fsp3) is 0.417. The molecule has 0 atom stereocenters. The van der Waals surface area contributed by atoms with Crippen molar-refractivity contribution in [2.75, 3.05) is 11.6 Å². The van der Waals surface area contributed by atoms with Gasteiger partial charge in [-0.2, -0.15) is 0 Å². The van der Waals surface area contributed by atoms with Gasteiger partial charge in [-0.15, -0.1) is 0 Å². The second kappa shape index (κ2) is 4.04. The number of phenols is 1. The summed E-state index contributed by atoms with van der Waals surface area (Å²) in [6.07, 6.45) is 0.555. The maximum Gasteiger partial charge on any atom is 0.243 e. The smallest absolute Gasteiger partial charge is 0.243 e. The molecule has 2 rings (SSSR count). The highest BCUT2D eigenvalue weighted by atomic mass is 16.3. The van der Waals surface area contributed by atoms with E-state index in [1.165, 1.54) is 0 Å². The summed E-state index contributed by atoms with van der Waals surface area (Å²) in [4.78, 5) is 11.7. The normalized spacial score (nSPS) is 16.3. The molecule has 1 aliphatic heterocycles. The molecule has 0 unspecified atom stereocenters. The molecule has 1 saturated heterocycles. The number of benzene rings is 1. The molecule has 1 N–H and O–H groups in total. The Morgan fingerprint density at radius 1 is 1.25 bits per heavy atom. The van der Waals surface area contributed by atoms with E-state index in [-0.39, 0.29) is 17.7 Å². The molecule has 0 saturated carbocycles. The van der Waals surface area contributed by atoms with Gasteiger partial charge < -0.3 is 5.11 Å². The van der Waals surface area contributed by atoms with Crippen molar-refractivity contribution in [3.8, 4) is 5.75 Å². The van der Waals surface area contributed by atoms with Crippen molar-refractivity contribution in [3.05, 3.63) is 24.3 Å². The molecule has 0 radical (unpaired) electrons. The van der Waals surface area contributed by atoms with Gasteiger partial charge in [-0.3, -0.25) is 14.8 Å². The molecule has 1 amide bonds. The number of carbonyl (C=O) groups is 1. The lowest BCUT2D eigenvalue weighted by atomic mass is 10.3. The maximum absolute atomic E-state index is 11.7. The van der Waals surface area contributed by atoms with Crippen LogP contribution in [0.2, 0.25) is 0 Å². The number of phenolic OH excluding ortho intramolecular Hbond substituents is 1. The predicted octanol–water partition coefficient (Wildman–Crippen LogP) is 1.75. The van der Waals surface area contributed by atoms with Gasteiger partial charge in [-0.1, -0.05) is 0 Å². The van der Waals surface area contributed by atoms with Crippen molar-refractivity contribution < 1.29 is 9.90 Å². The summed E-state index contributed by atoms with van der Waals surface area (Å²) < 4.78 is 0. The predicted molar refractivity (Wildman–Crippen MR) is 62.1 cm³/mol. The molecule has 1 heterocycles. The molecule has 0 bridgehead atoms. The largest absolute Gasteiger partial charge is 0.508 e. The first-order chi connectivity index (χ1) is 7.59. The fourth-order valence-electron chi connectivity index (χ4n) is 2.00. The molecule has 0 aliphatic carbocycles. The fourth-order valence-corrected chi connectivity index (χ4v) is 2.00. The van der Waals surface area contributed by atoms with Crippen LogP contribution in [-0.4, -0.2) is 28.6 Å². The van der Waals surface area contributed by atoms with Gasteiger partial charge >= 0.3 is 0 Å². The van der Waals surface area contributed by atoms with Crippen LogP contribution < -0.4 is 5.01 Å². The van der Waals surface area contributed by atoms with E-state index in [1.54, 1.807) is 17.1 Å². The Morgan fingerprint density at radius 3 is 2.44 bits per heavy atom. The maximum atomic E-state index is 11.7. The zero-order valence-electron chi connectivity index (χ0n) is 9.55. The van der Waals surface area contributed by atoms with Crippen LogP contribution in [-0.2, 0) is 4.79 Å². The highest BCUT2D eigenvalue weighted by Crippen LogP contribution is 2.25. The van der Waals surface area contributed by atoms with Crippen LogP contribution in [0.5, 0.6) is 5.75 Å². The highest BCUT2D eigenvalue weighted by molar-refractivity contribution is 5.82. The van der Waals surface area contributed by atoms with Crippen molar-refractivity contribution >= 4 is 11.6 Å². The van der Waals surface area contributed by atoms with E-state index in [9.17, 15) is 9.90 Å². The number of nitrogens with zero attached hydrogens (tertiary/aromatic N) is 2. The Hall–Kier alpha value is -1.71. The summed E-state index contributed by atoms with van der Waals surface area (Å²) in [7, 11) is 0. The first kappa shape index (κ1) is 10.8. The van der Waals surface area contributed by atoms with Crippen LogP contribution in [0.3, 0.4) is 0 Å². The zero-order valence-corrected chi connectivity index (χ0v) is 9.55. The Labute approximate surface area is 95.1 Å². The minimum atomic E-state index is 0.156. The Balaban J connectivity index is 2.26. The topological polar surface area (TPSA) is 43.8 Å². The van der Waals surface area contributed by atoms with Gasteiger partial charge in [-0.05, 0) is 38.1 Å². The first-order valence-electron chi connectivity index (χ1n) is 5.48. The van der Waals surface area contributed by atoms with E-state index in [4.69, 9.17) is 0 Å². The van der Waals surface area contributed by atoms with Gasteiger partial charge in [-0.25, -0.2) is 0 Å². The number of hydrogen-bond donors (Lipinski definition) is 1. The third-order valence-electron chi connectivity index (χ3n) is 2.69. The SMILES string of the molecule is CC(C)N1C(=O)CCN1c1ccc(O)cc1. The van der Waals surface area contributed by atoms with Gasteiger partial charge in [0.05, 0.1) is 5.69 Å². The lowest BCUT2D eigenvalue weighted by Gasteiger charge is -2.32. The van der Waals surface area contributed by atoms with E-state index in [0.717, 1.165) is 5.69 Å². The minimum absolute atomic E-state index is 0.156. The molecule has 1 aromatic carbocycles. The number of carbonyl (C=O) groups excluding carboxylic acids is 1. The molecule has 1 aromatic rings. The van der Waals surface area contributed by atoms with E-state index in [1.807, 2.05) is 31.0 Å². The number of rotatable bonds is 2.